The maximum atomic E-state index is 13.0. The first-order chi connectivity index (χ1) is 12.6. The van der Waals surface area contributed by atoms with Gasteiger partial charge in [0.2, 0.25) is 0 Å². The van der Waals surface area contributed by atoms with Gasteiger partial charge in [-0.2, -0.15) is 0 Å². The van der Waals surface area contributed by atoms with Gasteiger partial charge in [0.1, 0.15) is 6.04 Å². The Labute approximate surface area is 161 Å². The third-order valence-corrected chi connectivity index (χ3v) is 5.14. The van der Waals surface area contributed by atoms with Gasteiger partial charge in [0.05, 0.1) is 0 Å². The molecule has 2 amide bonds. The van der Waals surface area contributed by atoms with E-state index in [1.807, 2.05) is 59.6 Å². The lowest BCUT2D eigenvalue weighted by Crippen LogP contribution is -2.44. The van der Waals surface area contributed by atoms with E-state index >= 15 is 0 Å². The summed E-state index contributed by atoms with van der Waals surface area (Å²) >= 11 is 12.5. The van der Waals surface area contributed by atoms with Crippen molar-refractivity contribution in [2.45, 2.75) is 12.6 Å². The number of amides is 2. The van der Waals surface area contributed by atoms with Crippen LogP contribution in [0, 0.1) is 0 Å². The van der Waals surface area contributed by atoms with Crippen molar-refractivity contribution in [3.8, 4) is 0 Å². The molecule has 0 saturated heterocycles. The molecule has 2 heterocycles. The fraction of sp³-hybridized carbons (Fsp3) is 0.150. The number of nitrogens with zero attached hydrogens (tertiary/aromatic N) is 2. The molecule has 1 aromatic heterocycles. The second kappa shape index (κ2) is 7.06. The summed E-state index contributed by atoms with van der Waals surface area (Å²) in [6.45, 7) is 1.33. The highest BCUT2D eigenvalue weighted by Crippen LogP contribution is 2.37. The molecule has 132 valence electrons. The lowest BCUT2D eigenvalue weighted by Gasteiger charge is -2.37. The maximum absolute atomic E-state index is 13.0. The van der Waals surface area contributed by atoms with Crippen molar-refractivity contribution < 1.29 is 4.79 Å². The number of carbonyl (C=O) groups is 1. The van der Waals surface area contributed by atoms with E-state index in [0.717, 1.165) is 23.5 Å². The maximum Gasteiger partial charge on any atom is 0.322 e. The van der Waals surface area contributed by atoms with Gasteiger partial charge in [-0.1, -0.05) is 47.5 Å². The molecular weight excluding hydrogens is 369 g/mol. The number of para-hydroxylation sites is 1. The molecule has 1 aliphatic rings. The quantitative estimate of drug-likeness (QED) is 0.626. The zero-order chi connectivity index (χ0) is 18.1. The minimum atomic E-state index is -0.271. The molecule has 0 saturated carbocycles. The van der Waals surface area contributed by atoms with Crippen LogP contribution in [-0.4, -0.2) is 22.0 Å². The zero-order valence-electron chi connectivity index (χ0n) is 13.9. The van der Waals surface area contributed by atoms with Gasteiger partial charge < -0.3 is 14.8 Å². The molecule has 3 aromatic rings. The molecule has 4 nitrogen and oxygen atoms in total. The Balaban J connectivity index is 1.72. The Bertz CT molecular complexity index is 939. The standard InChI is InChI=1S/C20H17Cl2N3O/c21-14-8-9-16(17(22)13-14)19-18-7-4-10-24(18)11-12-25(19)20(26)23-15-5-2-1-3-6-15/h1-10,13,19H,11-12H2,(H,23,26)/t19-/m1/s1. The van der Waals surface area contributed by atoms with Crippen LogP contribution in [0.5, 0.6) is 0 Å². The monoisotopic (exact) mass is 385 g/mol. The van der Waals surface area contributed by atoms with Crippen molar-refractivity contribution >= 4 is 34.9 Å². The van der Waals surface area contributed by atoms with Gasteiger partial charge in [-0.05, 0) is 42.0 Å². The number of anilines is 1. The molecule has 6 heteroatoms. The van der Waals surface area contributed by atoms with Crippen LogP contribution in [0.3, 0.4) is 0 Å². The van der Waals surface area contributed by atoms with Crippen molar-refractivity contribution in [2.75, 3.05) is 11.9 Å². The summed E-state index contributed by atoms with van der Waals surface area (Å²) in [6, 6.07) is 18.4. The Morgan fingerprint density at radius 3 is 2.58 bits per heavy atom. The Morgan fingerprint density at radius 2 is 1.81 bits per heavy atom. The predicted molar refractivity (Wildman–Crippen MR) is 105 cm³/mol. The summed E-state index contributed by atoms with van der Waals surface area (Å²) in [5, 5.41) is 4.10. The highest BCUT2D eigenvalue weighted by Gasteiger charge is 2.33. The summed E-state index contributed by atoms with van der Waals surface area (Å²) in [5.74, 6) is 0. The smallest absolute Gasteiger partial charge is 0.322 e. The number of benzene rings is 2. The van der Waals surface area contributed by atoms with Crippen LogP contribution in [0.4, 0.5) is 10.5 Å². The van der Waals surface area contributed by atoms with Crippen LogP contribution in [0.2, 0.25) is 10.0 Å². The third-order valence-electron chi connectivity index (χ3n) is 4.58. The van der Waals surface area contributed by atoms with Crippen LogP contribution in [-0.2, 0) is 6.54 Å². The highest BCUT2D eigenvalue weighted by molar-refractivity contribution is 6.35. The van der Waals surface area contributed by atoms with E-state index in [9.17, 15) is 4.79 Å². The normalized spacial score (nSPS) is 16.2. The fourth-order valence-electron chi connectivity index (χ4n) is 3.37. The van der Waals surface area contributed by atoms with E-state index in [4.69, 9.17) is 23.2 Å². The van der Waals surface area contributed by atoms with E-state index in [2.05, 4.69) is 9.88 Å². The fourth-order valence-corrected chi connectivity index (χ4v) is 3.88. The van der Waals surface area contributed by atoms with Crippen molar-refractivity contribution in [3.63, 3.8) is 0 Å². The largest absolute Gasteiger partial charge is 0.348 e. The summed E-state index contributed by atoms with van der Waals surface area (Å²) < 4.78 is 2.15. The second-order valence-corrected chi connectivity index (χ2v) is 7.03. The first kappa shape index (κ1) is 17.0. The third kappa shape index (κ3) is 3.18. The molecule has 0 spiro atoms. The molecule has 0 radical (unpaired) electrons. The topological polar surface area (TPSA) is 37.3 Å². The predicted octanol–water partition coefficient (Wildman–Crippen LogP) is 5.43. The van der Waals surface area contributed by atoms with Crippen LogP contribution in [0.15, 0.2) is 66.9 Å². The van der Waals surface area contributed by atoms with E-state index in [0.29, 0.717) is 16.6 Å². The first-order valence-corrected chi connectivity index (χ1v) is 9.12. The number of nitrogens with one attached hydrogen (secondary N) is 1. The van der Waals surface area contributed by atoms with Gasteiger partial charge in [0.15, 0.2) is 0 Å². The number of hydrogen-bond donors (Lipinski definition) is 1. The Morgan fingerprint density at radius 1 is 1.00 bits per heavy atom. The van der Waals surface area contributed by atoms with Gasteiger partial charge in [-0.3, -0.25) is 0 Å². The van der Waals surface area contributed by atoms with Gasteiger partial charge in [-0.15, -0.1) is 0 Å². The molecule has 1 N–H and O–H groups in total. The molecule has 4 rings (SSSR count). The Hall–Kier alpha value is -2.43. The lowest BCUT2D eigenvalue weighted by molar-refractivity contribution is 0.182. The van der Waals surface area contributed by atoms with Crippen LogP contribution < -0.4 is 5.32 Å². The number of halogens is 2. The molecule has 0 aliphatic carbocycles. The number of aromatic nitrogens is 1. The summed E-state index contributed by atoms with van der Waals surface area (Å²) in [4.78, 5) is 14.8. The van der Waals surface area contributed by atoms with Crippen molar-refractivity contribution in [1.82, 2.24) is 9.47 Å². The summed E-state index contributed by atoms with van der Waals surface area (Å²) in [6.07, 6.45) is 2.03. The number of carbonyl (C=O) groups excluding carboxylic acids is 1. The van der Waals surface area contributed by atoms with Gasteiger partial charge in [0.25, 0.3) is 0 Å². The number of hydrogen-bond acceptors (Lipinski definition) is 1. The zero-order valence-corrected chi connectivity index (χ0v) is 15.4. The van der Waals surface area contributed by atoms with Crippen LogP contribution in [0.25, 0.3) is 0 Å². The average molecular weight is 386 g/mol. The summed E-state index contributed by atoms with van der Waals surface area (Å²) in [5.41, 5.74) is 2.65. The minimum absolute atomic E-state index is 0.153. The van der Waals surface area contributed by atoms with E-state index in [1.165, 1.54) is 0 Å². The minimum Gasteiger partial charge on any atom is -0.348 e. The van der Waals surface area contributed by atoms with Gasteiger partial charge >= 0.3 is 6.03 Å². The molecule has 1 atom stereocenters. The molecular formula is C20H17Cl2N3O. The van der Waals surface area contributed by atoms with Crippen LogP contribution >= 0.6 is 23.2 Å². The summed E-state index contributed by atoms with van der Waals surface area (Å²) in [7, 11) is 0. The highest BCUT2D eigenvalue weighted by atomic mass is 35.5. The molecule has 26 heavy (non-hydrogen) atoms. The van der Waals surface area contributed by atoms with Crippen molar-refractivity contribution in [1.29, 1.82) is 0 Å². The number of urea groups is 1. The van der Waals surface area contributed by atoms with Crippen LogP contribution in [0.1, 0.15) is 17.3 Å². The molecule has 1 aliphatic heterocycles. The molecule has 2 aromatic carbocycles. The second-order valence-electron chi connectivity index (χ2n) is 6.18. The van der Waals surface area contributed by atoms with E-state index < -0.39 is 0 Å². The average Bonchev–Trinajstić information content (AvgIpc) is 3.11. The van der Waals surface area contributed by atoms with E-state index in [1.54, 1.807) is 12.1 Å². The van der Waals surface area contributed by atoms with Gasteiger partial charge in [0, 0.05) is 40.7 Å². The van der Waals surface area contributed by atoms with Crippen molar-refractivity contribution in [3.05, 3.63) is 88.2 Å². The first-order valence-electron chi connectivity index (χ1n) is 8.36. The van der Waals surface area contributed by atoms with Gasteiger partial charge in [-0.25, -0.2) is 4.79 Å². The lowest BCUT2D eigenvalue weighted by atomic mass is 10.00. The molecule has 0 fully saturated rings. The number of fused-ring (bicyclic) bond motifs is 1. The number of rotatable bonds is 2. The Kier molecular flexibility index (Phi) is 4.62. The van der Waals surface area contributed by atoms with E-state index in [-0.39, 0.29) is 12.1 Å². The molecule has 0 unspecified atom stereocenters. The SMILES string of the molecule is O=C(Nc1ccccc1)N1CCn2cccc2[C@H]1c1ccc(Cl)cc1Cl. The molecule has 0 bridgehead atoms. The van der Waals surface area contributed by atoms with Crippen molar-refractivity contribution in [2.24, 2.45) is 0 Å².